The zero-order chi connectivity index (χ0) is 22.0. The van der Waals surface area contributed by atoms with E-state index in [-0.39, 0.29) is 17.7 Å². The van der Waals surface area contributed by atoms with Gasteiger partial charge in [-0.15, -0.1) is 0 Å². The van der Waals surface area contributed by atoms with E-state index < -0.39 is 18.8 Å². The van der Waals surface area contributed by atoms with Crippen LogP contribution in [-0.2, 0) is 0 Å². The third-order valence-corrected chi connectivity index (χ3v) is 4.71. The Bertz CT molecular complexity index is 1050. The second-order valence-corrected chi connectivity index (χ2v) is 7.39. The molecule has 0 spiro atoms. The molecular weight excluding hydrogens is 394 g/mol. The number of amides is 1. The van der Waals surface area contributed by atoms with Crippen molar-refractivity contribution in [2.45, 2.75) is 52.5 Å². The highest BCUT2D eigenvalue weighted by Crippen LogP contribution is 2.31. The molecule has 30 heavy (non-hydrogen) atoms. The normalized spacial score (nSPS) is 13.6. The highest BCUT2D eigenvalue weighted by Gasteiger charge is 2.20. The van der Waals surface area contributed by atoms with Gasteiger partial charge in [-0.1, -0.05) is 12.1 Å². The quantitative estimate of drug-likeness (QED) is 0.610. The number of rotatable bonds is 7. The topological polar surface area (TPSA) is 89.3 Å². The smallest absolute Gasteiger partial charge is 0.387 e. The van der Waals surface area contributed by atoms with E-state index in [1.54, 1.807) is 36.7 Å². The summed E-state index contributed by atoms with van der Waals surface area (Å²) < 4.78 is 31.4. The summed E-state index contributed by atoms with van der Waals surface area (Å²) in [7, 11) is 0. The lowest BCUT2D eigenvalue weighted by atomic mass is 10.1. The van der Waals surface area contributed by atoms with Gasteiger partial charge in [-0.25, -0.2) is 0 Å². The van der Waals surface area contributed by atoms with Crippen LogP contribution in [0.3, 0.4) is 0 Å². The van der Waals surface area contributed by atoms with Crippen LogP contribution in [0.5, 0.6) is 5.75 Å². The Morgan fingerprint density at radius 1 is 1.20 bits per heavy atom. The predicted octanol–water partition coefficient (Wildman–Crippen LogP) is 3.78. The SMILES string of the molecule is CC(C)n1nc(-c2cccc(OC(F)F)c2)c2ncc(C(=O)N[C@H](C)[C@@H](C)O)cc21. The fourth-order valence-electron chi connectivity index (χ4n) is 2.96. The van der Waals surface area contributed by atoms with E-state index in [9.17, 15) is 18.7 Å². The fraction of sp³-hybridized carbons (Fsp3) is 0.381. The molecule has 0 saturated heterocycles. The number of halogens is 2. The Morgan fingerprint density at radius 2 is 1.93 bits per heavy atom. The van der Waals surface area contributed by atoms with Crippen LogP contribution in [0.25, 0.3) is 22.3 Å². The molecule has 2 N–H and O–H groups in total. The van der Waals surface area contributed by atoms with Gasteiger partial charge in [-0.05, 0) is 45.9 Å². The number of benzene rings is 1. The standard InChI is InChI=1S/C21H24F2N4O3/c1-11(2)27-17-9-15(20(29)25-12(3)13(4)28)10-24-19(17)18(26-27)14-6-5-7-16(8-14)30-21(22)23/h5-13,21,28H,1-4H3,(H,25,29)/t12-,13-/m1/s1. The second-order valence-electron chi connectivity index (χ2n) is 7.39. The zero-order valence-corrected chi connectivity index (χ0v) is 17.1. The molecule has 2 atom stereocenters. The monoisotopic (exact) mass is 418 g/mol. The van der Waals surface area contributed by atoms with Gasteiger partial charge in [0, 0.05) is 17.8 Å². The van der Waals surface area contributed by atoms with Crippen molar-refractivity contribution in [3.8, 4) is 17.0 Å². The first-order valence-electron chi connectivity index (χ1n) is 9.59. The minimum absolute atomic E-state index is 0.0258. The molecule has 2 heterocycles. The van der Waals surface area contributed by atoms with Crippen LogP contribution < -0.4 is 10.1 Å². The van der Waals surface area contributed by atoms with Gasteiger partial charge < -0.3 is 15.2 Å². The first-order valence-corrected chi connectivity index (χ1v) is 9.59. The summed E-state index contributed by atoms with van der Waals surface area (Å²) in [5.74, 6) is -0.332. The molecule has 2 aromatic heterocycles. The molecule has 0 aliphatic carbocycles. The molecule has 3 aromatic rings. The lowest BCUT2D eigenvalue weighted by Gasteiger charge is -2.16. The van der Waals surface area contributed by atoms with Crippen LogP contribution in [0.4, 0.5) is 8.78 Å². The Morgan fingerprint density at radius 3 is 2.57 bits per heavy atom. The summed E-state index contributed by atoms with van der Waals surface area (Å²) in [6.07, 6.45) is 0.739. The van der Waals surface area contributed by atoms with E-state index >= 15 is 0 Å². The van der Waals surface area contributed by atoms with E-state index in [2.05, 4.69) is 20.1 Å². The Hall–Kier alpha value is -3.07. The molecular formula is C21H24F2N4O3. The van der Waals surface area contributed by atoms with Crippen LogP contribution in [0.2, 0.25) is 0 Å². The van der Waals surface area contributed by atoms with Crippen LogP contribution in [-0.4, -0.2) is 44.5 Å². The Labute approximate surface area is 172 Å². The zero-order valence-electron chi connectivity index (χ0n) is 17.1. The number of pyridine rings is 1. The molecule has 0 bridgehead atoms. The maximum Gasteiger partial charge on any atom is 0.387 e. The van der Waals surface area contributed by atoms with Crippen LogP contribution in [0, 0.1) is 0 Å². The van der Waals surface area contributed by atoms with Crippen LogP contribution >= 0.6 is 0 Å². The molecule has 0 radical (unpaired) electrons. The summed E-state index contributed by atoms with van der Waals surface area (Å²) in [6, 6.07) is 7.49. The van der Waals surface area contributed by atoms with E-state index in [1.165, 1.54) is 18.3 Å². The third-order valence-electron chi connectivity index (χ3n) is 4.71. The third kappa shape index (κ3) is 4.56. The summed E-state index contributed by atoms with van der Waals surface area (Å²) in [4.78, 5) is 17.0. The predicted molar refractivity (Wildman–Crippen MR) is 109 cm³/mol. The maximum absolute atomic E-state index is 12.6. The van der Waals surface area contributed by atoms with Crippen molar-refractivity contribution in [3.05, 3.63) is 42.1 Å². The van der Waals surface area contributed by atoms with Crippen LogP contribution in [0.15, 0.2) is 36.5 Å². The fourth-order valence-corrected chi connectivity index (χ4v) is 2.96. The molecule has 0 unspecified atom stereocenters. The first-order chi connectivity index (χ1) is 14.2. The number of alkyl halides is 2. The van der Waals surface area contributed by atoms with Gasteiger partial charge in [0.05, 0.1) is 23.2 Å². The number of aliphatic hydroxyl groups excluding tert-OH is 1. The summed E-state index contributed by atoms with van der Waals surface area (Å²) in [6.45, 7) is 4.26. The molecule has 1 aromatic carbocycles. The molecule has 0 aliphatic rings. The number of ether oxygens (including phenoxy) is 1. The largest absolute Gasteiger partial charge is 0.435 e. The molecule has 3 rings (SSSR count). The second kappa shape index (κ2) is 8.74. The minimum Gasteiger partial charge on any atom is -0.435 e. The number of nitrogens with zero attached hydrogens (tertiary/aromatic N) is 3. The molecule has 0 saturated carbocycles. The number of carbonyl (C=O) groups is 1. The average Bonchev–Trinajstić information content (AvgIpc) is 3.06. The number of hydrogen-bond donors (Lipinski definition) is 2. The van der Waals surface area contributed by atoms with Gasteiger partial charge in [0.1, 0.15) is 17.0 Å². The van der Waals surface area contributed by atoms with Crippen molar-refractivity contribution in [2.24, 2.45) is 0 Å². The van der Waals surface area contributed by atoms with Crippen LogP contribution in [0.1, 0.15) is 44.1 Å². The van der Waals surface area contributed by atoms with E-state index in [4.69, 9.17) is 0 Å². The van der Waals surface area contributed by atoms with Gasteiger partial charge in [0.2, 0.25) is 0 Å². The summed E-state index contributed by atoms with van der Waals surface area (Å²) in [5.41, 5.74) is 2.58. The van der Waals surface area contributed by atoms with Crippen molar-refractivity contribution in [2.75, 3.05) is 0 Å². The first kappa shape index (κ1) is 21.6. The molecule has 160 valence electrons. The molecule has 1 amide bonds. The van der Waals surface area contributed by atoms with Crippen molar-refractivity contribution in [3.63, 3.8) is 0 Å². The number of aliphatic hydroxyl groups is 1. The van der Waals surface area contributed by atoms with E-state index in [1.807, 2.05) is 13.8 Å². The Balaban J connectivity index is 2.05. The lowest BCUT2D eigenvalue weighted by molar-refractivity contribution is -0.0498. The summed E-state index contributed by atoms with van der Waals surface area (Å²) >= 11 is 0. The van der Waals surface area contributed by atoms with Gasteiger partial charge in [-0.2, -0.15) is 13.9 Å². The maximum atomic E-state index is 12.6. The highest BCUT2D eigenvalue weighted by molar-refractivity contribution is 5.99. The molecule has 7 nitrogen and oxygen atoms in total. The van der Waals surface area contributed by atoms with Gasteiger partial charge in [0.15, 0.2) is 0 Å². The summed E-state index contributed by atoms with van der Waals surface area (Å²) in [5, 5.41) is 16.9. The number of hydrogen-bond acceptors (Lipinski definition) is 5. The van der Waals surface area contributed by atoms with Gasteiger partial charge >= 0.3 is 6.61 Å². The molecule has 0 aliphatic heterocycles. The van der Waals surface area contributed by atoms with E-state index in [0.29, 0.717) is 27.9 Å². The van der Waals surface area contributed by atoms with Gasteiger partial charge in [-0.3, -0.25) is 14.5 Å². The van der Waals surface area contributed by atoms with Gasteiger partial charge in [0.25, 0.3) is 5.91 Å². The molecule has 9 heteroatoms. The minimum atomic E-state index is -2.92. The average molecular weight is 418 g/mol. The van der Waals surface area contributed by atoms with Crippen molar-refractivity contribution in [1.82, 2.24) is 20.1 Å². The lowest BCUT2D eigenvalue weighted by Crippen LogP contribution is -2.39. The van der Waals surface area contributed by atoms with Crippen molar-refractivity contribution in [1.29, 1.82) is 0 Å². The Kier molecular flexibility index (Phi) is 6.31. The van der Waals surface area contributed by atoms with E-state index in [0.717, 1.165) is 0 Å². The molecule has 0 fully saturated rings. The number of aromatic nitrogens is 3. The number of fused-ring (bicyclic) bond motifs is 1. The number of nitrogens with one attached hydrogen (secondary N) is 1. The number of carbonyl (C=O) groups excluding carboxylic acids is 1. The van der Waals surface area contributed by atoms with Crippen molar-refractivity contribution < 1.29 is 23.4 Å². The van der Waals surface area contributed by atoms with Crippen molar-refractivity contribution >= 4 is 16.9 Å². The highest BCUT2D eigenvalue weighted by atomic mass is 19.3.